The van der Waals surface area contributed by atoms with Gasteiger partial charge in [0.2, 0.25) is 5.91 Å². The van der Waals surface area contributed by atoms with Crippen LogP contribution in [0.25, 0.3) is 0 Å². The van der Waals surface area contributed by atoms with Gasteiger partial charge < -0.3 is 15.4 Å². The second kappa shape index (κ2) is 6.04. The molecule has 7 heteroatoms. The number of hydrogen-bond acceptors (Lipinski definition) is 4. The molecule has 3 aliphatic rings. The lowest BCUT2D eigenvalue weighted by atomic mass is 10.0. The second-order valence-electron chi connectivity index (χ2n) is 8.24. The molecular formula is C18H26N4O3. The van der Waals surface area contributed by atoms with Crippen molar-refractivity contribution in [1.29, 1.82) is 0 Å². The van der Waals surface area contributed by atoms with E-state index < -0.39 is 0 Å². The van der Waals surface area contributed by atoms with E-state index in [-0.39, 0.29) is 35.5 Å². The van der Waals surface area contributed by atoms with Crippen molar-refractivity contribution in [3.8, 4) is 0 Å². The maximum absolute atomic E-state index is 12.0. The fourth-order valence-electron chi connectivity index (χ4n) is 3.59. The highest BCUT2D eigenvalue weighted by Gasteiger charge is 2.41. The van der Waals surface area contributed by atoms with Crippen LogP contribution in [0.4, 0.5) is 10.6 Å². The van der Waals surface area contributed by atoms with Crippen molar-refractivity contribution >= 4 is 17.8 Å². The molecule has 3 saturated carbocycles. The quantitative estimate of drug-likeness (QED) is 0.764. The number of hydrogen-bond donors (Lipinski definition) is 3. The van der Waals surface area contributed by atoms with Crippen LogP contribution in [0.3, 0.4) is 0 Å². The summed E-state index contributed by atoms with van der Waals surface area (Å²) in [5.74, 6) is 1.55. The summed E-state index contributed by atoms with van der Waals surface area (Å²) in [5, 5.41) is 13.0. The highest BCUT2D eigenvalue weighted by atomic mass is 16.6. The summed E-state index contributed by atoms with van der Waals surface area (Å²) in [7, 11) is 0. The van der Waals surface area contributed by atoms with Crippen LogP contribution < -0.4 is 10.6 Å². The molecule has 1 aromatic rings. The van der Waals surface area contributed by atoms with Gasteiger partial charge in [0.05, 0.1) is 0 Å². The van der Waals surface area contributed by atoms with Gasteiger partial charge in [0.1, 0.15) is 6.10 Å². The standard InChI is InChI=1S/C18H26N4O3/c1-10-7-13(10)16(23)19-15-9-14(21-22-15)11-3-4-12(8-11)25-17(24)20-18(2)5-6-18/h9-13H,3-8H2,1-2H3,(H,20,24)(H2,19,21,22,23)/t10-,11-,12+,13-/m1/s1. The summed E-state index contributed by atoms with van der Waals surface area (Å²) in [6.07, 6.45) is 5.25. The second-order valence-corrected chi connectivity index (χ2v) is 8.24. The number of amides is 2. The molecule has 3 fully saturated rings. The highest BCUT2D eigenvalue weighted by molar-refractivity contribution is 5.93. The van der Waals surface area contributed by atoms with E-state index in [0.29, 0.717) is 11.7 Å². The number of nitrogens with zero attached hydrogens (tertiary/aromatic N) is 1. The molecule has 7 nitrogen and oxygen atoms in total. The van der Waals surface area contributed by atoms with Crippen molar-refractivity contribution in [2.75, 3.05) is 5.32 Å². The zero-order valence-electron chi connectivity index (χ0n) is 14.8. The van der Waals surface area contributed by atoms with Crippen LogP contribution >= 0.6 is 0 Å². The molecule has 2 amide bonds. The molecule has 0 bridgehead atoms. The van der Waals surface area contributed by atoms with E-state index in [2.05, 4.69) is 27.8 Å². The summed E-state index contributed by atoms with van der Waals surface area (Å²) in [5.41, 5.74) is 0.949. The van der Waals surface area contributed by atoms with Crippen LogP contribution in [0.5, 0.6) is 0 Å². The van der Waals surface area contributed by atoms with Gasteiger partial charge in [0.15, 0.2) is 5.82 Å². The minimum atomic E-state index is -0.304. The highest BCUT2D eigenvalue weighted by Crippen LogP contribution is 2.39. The fourth-order valence-corrected chi connectivity index (χ4v) is 3.59. The molecule has 136 valence electrons. The van der Waals surface area contributed by atoms with Crippen molar-refractivity contribution in [3.63, 3.8) is 0 Å². The molecule has 0 radical (unpaired) electrons. The third-order valence-corrected chi connectivity index (χ3v) is 5.80. The first kappa shape index (κ1) is 16.4. The Morgan fingerprint density at radius 1 is 1.32 bits per heavy atom. The Labute approximate surface area is 147 Å². The molecule has 4 atom stereocenters. The van der Waals surface area contributed by atoms with Gasteiger partial charge in [0, 0.05) is 29.1 Å². The van der Waals surface area contributed by atoms with E-state index in [1.807, 2.05) is 13.0 Å². The molecule has 0 spiro atoms. The normalized spacial score (nSPS) is 32.1. The van der Waals surface area contributed by atoms with Gasteiger partial charge in [-0.25, -0.2) is 4.79 Å². The van der Waals surface area contributed by atoms with Gasteiger partial charge in [0.25, 0.3) is 0 Å². The number of nitrogens with one attached hydrogen (secondary N) is 3. The molecule has 3 aliphatic carbocycles. The predicted octanol–water partition coefficient (Wildman–Crippen LogP) is 2.92. The molecule has 3 N–H and O–H groups in total. The Balaban J connectivity index is 1.27. The number of aromatic amines is 1. The van der Waals surface area contributed by atoms with Gasteiger partial charge in [-0.3, -0.25) is 9.89 Å². The molecular weight excluding hydrogens is 320 g/mol. The minimum Gasteiger partial charge on any atom is -0.446 e. The van der Waals surface area contributed by atoms with E-state index >= 15 is 0 Å². The average Bonchev–Trinajstić information content (AvgIpc) is 3.31. The number of carbonyl (C=O) groups is 2. The largest absolute Gasteiger partial charge is 0.446 e. The molecule has 0 aromatic carbocycles. The monoisotopic (exact) mass is 346 g/mol. The number of H-pyrrole nitrogens is 1. The first-order valence-corrected chi connectivity index (χ1v) is 9.27. The van der Waals surface area contributed by atoms with E-state index in [1.165, 1.54) is 0 Å². The number of alkyl carbamates (subject to hydrolysis) is 1. The number of rotatable bonds is 5. The van der Waals surface area contributed by atoms with Crippen LogP contribution in [0.2, 0.25) is 0 Å². The molecule has 1 heterocycles. The lowest BCUT2D eigenvalue weighted by molar-refractivity contribution is -0.117. The van der Waals surface area contributed by atoms with E-state index in [0.717, 1.165) is 44.2 Å². The lowest BCUT2D eigenvalue weighted by Crippen LogP contribution is -2.36. The molecule has 0 aliphatic heterocycles. The Hall–Kier alpha value is -2.05. The zero-order chi connectivity index (χ0) is 17.6. The third-order valence-electron chi connectivity index (χ3n) is 5.80. The summed E-state index contributed by atoms with van der Waals surface area (Å²) < 4.78 is 5.55. The minimum absolute atomic E-state index is 0.0510. The smallest absolute Gasteiger partial charge is 0.407 e. The van der Waals surface area contributed by atoms with Crippen molar-refractivity contribution in [3.05, 3.63) is 11.8 Å². The van der Waals surface area contributed by atoms with Crippen LogP contribution in [-0.4, -0.2) is 33.8 Å². The van der Waals surface area contributed by atoms with Crippen molar-refractivity contribution in [2.24, 2.45) is 11.8 Å². The Kier molecular flexibility index (Phi) is 3.96. The molecule has 1 aromatic heterocycles. The van der Waals surface area contributed by atoms with Crippen LogP contribution in [0.15, 0.2) is 6.07 Å². The molecule has 4 rings (SSSR count). The van der Waals surface area contributed by atoms with Crippen LogP contribution in [-0.2, 0) is 9.53 Å². The number of carbonyl (C=O) groups excluding carboxylic acids is 2. The third kappa shape index (κ3) is 3.80. The summed E-state index contributed by atoms with van der Waals surface area (Å²) >= 11 is 0. The zero-order valence-corrected chi connectivity index (χ0v) is 14.8. The topological polar surface area (TPSA) is 96.1 Å². The fraction of sp³-hybridized carbons (Fsp3) is 0.722. The van der Waals surface area contributed by atoms with Crippen molar-refractivity contribution in [1.82, 2.24) is 15.5 Å². The van der Waals surface area contributed by atoms with Gasteiger partial charge in [-0.1, -0.05) is 6.92 Å². The first-order chi connectivity index (χ1) is 11.9. The Morgan fingerprint density at radius 3 is 2.76 bits per heavy atom. The van der Waals surface area contributed by atoms with Crippen LogP contribution in [0.1, 0.15) is 64.0 Å². The predicted molar refractivity (Wildman–Crippen MR) is 92.1 cm³/mol. The SMILES string of the molecule is C[C@@H]1C[C@H]1C(=O)Nc1cc([C@@H]2CC[C@H](OC(=O)NC3(C)CC3)C2)[nH]n1. The van der Waals surface area contributed by atoms with Crippen molar-refractivity contribution < 1.29 is 14.3 Å². The number of anilines is 1. The lowest BCUT2D eigenvalue weighted by Gasteiger charge is -2.16. The summed E-state index contributed by atoms with van der Waals surface area (Å²) in [6, 6.07) is 1.91. The van der Waals surface area contributed by atoms with Crippen LogP contribution in [0, 0.1) is 11.8 Å². The summed E-state index contributed by atoms with van der Waals surface area (Å²) in [4.78, 5) is 23.9. The van der Waals surface area contributed by atoms with Crippen molar-refractivity contribution in [2.45, 2.75) is 69.9 Å². The van der Waals surface area contributed by atoms with E-state index in [9.17, 15) is 9.59 Å². The molecule has 0 unspecified atom stereocenters. The molecule has 25 heavy (non-hydrogen) atoms. The average molecular weight is 346 g/mol. The molecule has 0 saturated heterocycles. The number of aromatic nitrogens is 2. The maximum atomic E-state index is 12.0. The maximum Gasteiger partial charge on any atom is 0.407 e. The van der Waals surface area contributed by atoms with E-state index in [1.54, 1.807) is 0 Å². The Bertz CT molecular complexity index is 682. The van der Waals surface area contributed by atoms with Gasteiger partial charge in [-0.15, -0.1) is 0 Å². The Morgan fingerprint density at radius 2 is 2.08 bits per heavy atom. The first-order valence-electron chi connectivity index (χ1n) is 9.27. The number of ether oxygens (including phenoxy) is 1. The van der Waals surface area contributed by atoms with Gasteiger partial charge in [-0.2, -0.15) is 5.10 Å². The van der Waals surface area contributed by atoms with Gasteiger partial charge >= 0.3 is 6.09 Å². The van der Waals surface area contributed by atoms with Gasteiger partial charge in [-0.05, 0) is 51.4 Å². The summed E-state index contributed by atoms with van der Waals surface area (Å²) in [6.45, 7) is 4.12. The van der Waals surface area contributed by atoms with E-state index in [4.69, 9.17) is 4.74 Å².